The van der Waals surface area contributed by atoms with Gasteiger partial charge in [-0.15, -0.1) is 0 Å². The van der Waals surface area contributed by atoms with Crippen LogP contribution in [-0.2, 0) is 6.61 Å². The van der Waals surface area contributed by atoms with E-state index in [1.807, 2.05) is 0 Å². The van der Waals surface area contributed by atoms with Crippen molar-refractivity contribution < 1.29 is 16.7 Å². The maximum absolute atomic E-state index is 8.72. The van der Waals surface area contributed by atoms with Crippen LogP contribution in [0.4, 0.5) is 5.69 Å². The summed E-state index contributed by atoms with van der Waals surface area (Å²) in [5, 5.41) is 9.42. The van der Waals surface area contributed by atoms with E-state index in [-0.39, 0.29) is 6.61 Å². The number of nitrogen functional groups attached to an aromatic ring is 1. The molecule has 2 nitrogen and oxygen atoms in total. The lowest BCUT2D eigenvalue weighted by Crippen LogP contribution is -1.93. The fourth-order valence-electron chi connectivity index (χ4n) is 0.719. The van der Waals surface area contributed by atoms with Gasteiger partial charge in [-0.3, -0.25) is 0 Å². The maximum Gasteiger partial charge on any atom is 0.226 e. The average molecular weight is 159 g/mol. The molecule has 0 spiro atoms. The minimum atomic E-state index is -0.0453. The van der Waals surface area contributed by atoms with Crippen LogP contribution < -0.4 is 5.73 Å². The zero-order valence-corrected chi connectivity index (χ0v) is 6.19. The highest BCUT2D eigenvalue weighted by Gasteiger charge is 2.01. The summed E-state index contributed by atoms with van der Waals surface area (Å²) in [5.74, 6) is 0. The number of nitrogens with two attached hydrogens (primary N) is 1. The van der Waals surface area contributed by atoms with Crippen molar-refractivity contribution in [1.82, 2.24) is 0 Å². The summed E-state index contributed by atoms with van der Waals surface area (Å²) in [6.07, 6.45) is 0. The summed E-state index contributed by atoms with van der Waals surface area (Å²) in [4.78, 5) is 0. The molecule has 0 heterocycles. The van der Waals surface area contributed by atoms with Crippen LogP contribution in [0.15, 0.2) is 18.2 Å². The minimum Gasteiger partial charge on any atom is -0.398 e. The average Bonchev–Trinajstić information content (AvgIpc) is 1.94. The Morgan fingerprint density at radius 3 is 2.70 bits per heavy atom. The zero-order chi connectivity index (χ0) is 7.56. The van der Waals surface area contributed by atoms with Gasteiger partial charge < -0.3 is 10.8 Å². The Kier molecular flexibility index (Phi) is 2.14. The first kappa shape index (κ1) is 7.38. The fourth-order valence-corrected chi connectivity index (χ4v) is 0.929. The molecule has 3 N–H and O–H groups in total. The number of aliphatic hydroxyl groups excluding tert-OH is 1. The topological polar surface area (TPSA) is 46.2 Å². The molecule has 0 aliphatic rings. The van der Waals surface area contributed by atoms with Crippen LogP contribution >= 0.6 is 0 Å². The molecule has 10 heavy (non-hydrogen) atoms. The first-order valence-corrected chi connectivity index (χ1v) is 3.31. The SMILES string of the molecule is Nc1ccc([ClH+])cc1CO. The summed E-state index contributed by atoms with van der Waals surface area (Å²) >= 11 is 4.86. The van der Waals surface area contributed by atoms with Gasteiger partial charge in [0.2, 0.25) is 5.02 Å². The monoisotopic (exact) mass is 158 g/mol. The fraction of sp³-hybridized carbons (Fsp3) is 0.143. The van der Waals surface area contributed by atoms with Crippen molar-refractivity contribution in [2.24, 2.45) is 0 Å². The van der Waals surface area contributed by atoms with Gasteiger partial charge in [0.1, 0.15) is 0 Å². The number of aliphatic hydroxyl groups is 1. The van der Waals surface area contributed by atoms with Gasteiger partial charge >= 0.3 is 0 Å². The van der Waals surface area contributed by atoms with Gasteiger partial charge in [0.25, 0.3) is 0 Å². The Labute approximate surface area is 64.2 Å². The quantitative estimate of drug-likeness (QED) is 0.584. The van der Waals surface area contributed by atoms with E-state index in [1.165, 1.54) is 0 Å². The van der Waals surface area contributed by atoms with Crippen LogP contribution in [0, 0.1) is 11.6 Å². The van der Waals surface area contributed by atoms with Crippen LogP contribution in [0.5, 0.6) is 0 Å². The normalized spacial score (nSPS) is 9.80. The minimum absolute atomic E-state index is 0.0453. The van der Waals surface area contributed by atoms with E-state index < -0.39 is 0 Å². The maximum atomic E-state index is 8.72. The van der Waals surface area contributed by atoms with E-state index in [9.17, 15) is 0 Å². The molecule has 0 radical (unpaired) electrons. The molecule has 0 fully saturated rings. The van der Waals surface area contributed by atoms with Gasteiger partial charge in [-0.2, -0.15) is 0 Å². The Balaban J connectivity index is 3.09. The molecule has 0 bridgehead atoms. The summed E-state index contributed by atoms with van der Waals surface area (Å²) in [5.41, 5.74) is 6.79. The summed E-state index contributed by atoms with van der Waals surface area (Å²) in [6.45, 7) is -0.0453. The number of hydrogen-bond acceptors (Lipinski definition) is 2. The Hall–Kier alpha value is -0.730. The van der Waals surface area contributed by atoms with Gasteiger partial charge in [-0.05, 0) is 6.07 Å². The third kappa shape index (κ3) is 1.40. The number of benzene rings is 1. The lowest BCUT2D eigenvalue weighted by Gasteiger charge is -1.97. The molecular formula is C7H9ClNO+. The van der Waals surface area contributed by atoms with Gasteiger partial charge in [-0.25, -0.2) is 0 Å². The highest BCUT2D eigenvalue weighted by atomic mass is 35.5. The van der Waals surface area contributed by atoms with Crippen molar-refractivity contribution in [3.63, 3.8) is 0 Å². The van der Waals surface area contributed by atoms with E-state index in [0.717, 1.165) is 0 Å². The Bertz CT molecular complexity index is 237. The van der Waals surface area contributed by atoms with Crippen LogP contribution in [0.3, 0.4) is 0 Å². The number of hydrogen-bond donors (Lipinski definition) is 2. The highest BCUT2D eigenvalue weighted by Crippen LogP contribution is 2.13. The van der Waals surface area contributed by atoms with Gasteiger partial charge in [0, 0.05) is 23.4 Å². The number of halogens is 1. The van der Waals surface area contributed by atoms with E-state index in [0.29, 0.717) is 16.3 Å². The molecule has 1 rings (SSSR count). The molecular weight excluding hydrogens is 150 g/mol. The highest BCUT2D eigenvalue weighted by molar-refractivity contribution is 5.47. The van der Waals surface area contributed by atoms with Crippen LogP contribution in [0.2, 0.25) is 5.02 Å². The van der Waals surface area contributed by atoms with E-state index in [1.54, 1.807) is 18.2 Å². The van der Waals surface area contributed by atoms with E-state index >= 15 is 0 Å². The summed E-state index contributed by atoms with van der Waals surface area (Å²) < 4.78 is 0. The largest absolute Gasteiger partial charge is 0.398 e. The summed E-state index contributed by atoms with van der Waals surface area (Å²) in [6, 6.07) is 5.14. The molecule has 0 saturated heterocycles. The van der Waals surface area contributed by atoms with Crippen molar-refractivity contribution >= 4 is 5.69 Å². The predicted molar refractivity (Wildman–Crippen MR) is 37.3 cm³/mol. The first-order valence-electron chi connectivity index (χ1n) is 2.90. The van der Waals surface area contributed by atoms with Crippen LogP contribution in [-0.4, -0.2) is 5.11 Å². The first-order chi connectivity index (χ1) is 4.74. The summed E-state index contributed by atoms with van der Waals surface area (Å²) in [7, 11) is 0. The Morgan fingerprint density at radius 2 is 2.20 bits per heavy atom. The molecule has 0 aromatic heterocycles. The van der Waals surface area contributed by atoms with Crippen molar-refractivity contribution in [1.29, 1.82) is 0 Å². The van der Waals surface area contributed by atoms with Gasteiger partial charge in [0.05, 0.1) is 6.61 Å². The smallest absolute Gasteiger partial charge is 0.226 e. The molecule has 1 aromatic carbocycles. The van der Waals surface area contributed by atoms with Crippen LogP contribution in [0.25, 0.3) is 0 Å². The molecule has 3 heteroatoms. The lowest BCUT2D eigenvalue weighted by atomic mass is 10.2. The standard InChI is InChI=1S/C7H9ClNO/c8-6-1-2-7(9)5(3-6)4-10/h1-3,8,10H,4,9H2/q+1. The lowest BCUT2D eigenvalue weighted by molar-refractivity contribution is -0.289. The Morgan fingerprint density at radius 1 is 1.50 bits per heavy atom. The second-order valence-electron chi connectivity index (χ2n) is 2.02. The molecule has 0 amide bonds. The predicted octanol–water partition coefficient (Wildman–Crippen LogP) is 0.457. The third-order valence-electron chi connectivity index (χ3n) is 1.28. The van der Waals surface area contributed by atoms with E-state index in [2.05, 4.69) is 0 Å². The van der Waals surface area contributed by atoms with Crippen molar-refractivity contribution in [3.05, 3.63) is 28.8 Å². The van der Waals surface area contributed by atoms with Crippen molar-refractivity contribution in [3.8, 4) is 0 Å². The van der Waals surface area contributed by atoms with Gasteiger partial charge in [0.15, 0.2) is 11.6 Å². The van der Waals surface area contributed by atoms with Crippen molar-refractivity contribution in [2.75, 3.05) is 5.73 Å². The second kappa shape index (κ2) is 2.90. The zero-order valence-electron chi connectivity index (χ0n) is 5.37. The molecule has 1 aromatic rings. The van der Waals surface area contributed by atoms with E-state index in [4.69, 9.17) is 22.4 Å². The molecule has 0 aliphatic carbocycles. The number of anilines is 1. The van der Waals surface area contributed by atoms with Crippen molar-refractivity contribution in [2.45, 2.75) is 6.61 Å². The molecule has 0 atom stereocenters. The second-order valence-corrected chi connectivity index (χ2v) is 2.49. The molecule has 54 valence electrons. The van der Waals surface area contributed by atoms with Gasteiger partial charge in [-0.1, -0.05) is 0 Å². The third-order valence-corrected chi connectivity index (χ3v) is 1.54. The molecule has 0 saturated carbocycles. The molecule has 0 aliphatic heterocycles. The number of rotatable bonds is 1. The van der Waals surface area contributed by atoms with Crippen LogP contribution in [0.1, 0.15) is 5.56 Å². The molecule has 0 unspecified atom stereocenters.